The Balaban J connectivity index is 0.000000487. The summed E-state index contributed by atoms with van der Waals surface area (Å²) in [5, 5.41) is 2.31. The topological polar surface area (TPSA) is 110 Å². The normalized spacial score (nSPS) is 19.2. The van der Waals surface area contributed by atoms with Crippen molar-refractivity contribution in [1.82, 2.24) is 5.32 Å². The van der Waals surface area contributed by atoms with Gasteiger partial charge < -0.3 is 0 Å². The lowest BCUT2D eigenvalue weighted by Gasteiger charge is -2.29. The van der Waals surface area contributed by atoms with Crippen molar-refractivity contribution in [3.8, 4) is 0 Å². The first-order chi connectivity index (χ1) is 14.1. The Hall–Kier alpha value is -2.85. The molecule has 0 spiro atoms. The summed E-state index contributed by atoms with van der Waals surface area (Å²) in [6.45, 7) is 9.58. The zero-order valence-corrected chi connectivity index (χ0v) is 18.1. The second-order valence-electron chi connectivity index (χ2n) is 5.85. The van der Waals surface area contributed by atoms with E-state index in [4.69, 9.17) is 8.42 Å². The van der Waals surface area contributed by atoms with Crippen LogP contribution in [0, 0.1) is 0 Å². The van der Waals surface area contributed by atoms with E-state index in [0.717, 1.165) is 18.2 Å². The van der Waals surface area contributed by atoms with Crippen LogP contribution in [0.5, 0.6) is 0 Å². The number of hydrogen-bond acceptors (Lipinski definition) is 6. The van der Waals surface area contributed by atoms with Crippen molar-refractivity contribution >= 4 is 45.6 Å². The van der Waals surface area contributed by atoms with Gasteiger partial charge >= 0.3 is 10.5 Å². The van der Waals surface area contributed by atoms with Crippen molar-refractivity contribution in [2.45, 2.75) is 39.7 Å². The maximum atomic E-state index is 12.7. The van der Waals surface area contributed by atoms with E-state index in [2.05, 4.69) is 16.1 Å². The molecule has 164 valence electrons. The fraction of sp³-hybridized carbons (Fsp3) is 0.350. The van der Waals surface area contributed by atoms with Crippen LogP contribution in [-0.2, 0) is 29.1 Å². The molecule has 1 fully saturated rings. The number of benzene rings is 1. The highest BCUT2D eigenvalue weighted by Gasteiger charge is 2.42. The molecule has 0 saturated carbocycles. The van der Waals surface area contributed by atoms with Gasteiger partial charge in [-0.1, -0.05) is 48.6 Å². The number of nitrogens with zero attached hydrogens (tertiary/aromatic N) is 1. The van der Waals surface area contributed by atoms with Gasteiger partial charge in [-0.3, -0.25) is 24.6 Å². The van der Waals surface area contributed by atoms with E-state index in [1.165, 1.54) is 4.90 Å². The van der Waals surface area contributed by atoms with Crippen LogP contribution >= 0.6 is 0 Å². The molecule has 0 radical (unpaired) electrons. The monoisotopic (exact) mass is 440 g/mol. The van der Waals surface area contributed by atoms with Crippen LogP contribution in [0.4, 0.5) is 9.57 Å². The molecule has 1 N–H and O–H groups in total. The SMILES string of the molecule is C=Cc1cccc2c1/C(=C\C)C(=O)N2C1CCC(=O)NC1=O.CC.COS(=O)(=O)F. The van der Waals surface area contributed by atoms with E-state index >= 15 is 0 Å². The van der Waals surface area contributed by atoms with E-state index in [9.17, 15) is 18.3 Å². The molecule has 3 amide bonds. The number of carbonyl (C=O) groups is 3. The van der Waals surface area contributed by atoms with Gasteiger partial charge in [0.25, 0.3) is 5.91 Å². The number of piperidine rings is 1. The number of amides is 3. The molecule has 3 rings (SSSR count). The summed E-state index contributed by atoms with van der Waals surface area (Å²) in [6, 6.07) is 4.89. The average Bonchev–Trinajstić information content (AvgIpc) is 3.01. The second kappa shape index (κ2) is 10.8. The average molecular weight is 440 g/mol. The van der Waals surface area contributed by atoms with Gasteiger partial charge in [-0.25, -0.2) is 4.18 Å². The second-order valence-corrected chi connectivity index (χ2v) is 6.97. The van der Waals surface area contributed by atoms with Crippen LogP contribution in [0.3, 0.4) is 0 Å². The number of nitrogens with one attached hydrogen (secondary N) is 1. The number of imide groups is 1. The zero-order valence-electron chi connectivity index (χ0n) is 17.3. The maximum absolute atomic E-state index is 12.7. The summed E-state index contributed by atoms with van der Waals surface area (Å²) in [7, 11) is -3.92. The van der Waals surface area contributed by atoms with E-state index in [1.54, 1.807) is 19.1 Å². The molecule has 1 aromatic rings. The number of anilines is 1. The van der Waals surface area contributed by atoms with E-state index in [1.807, 2.05) is 32.0 Å². The Morgan fingerprint density at radius 1 is 1.27 bits per heavy atom. The molecule has 1 aromatic carbocycles. The Bertz CT molecular complexity index is 972. The summed E-state index contributed by atoms with van der Waals surface area (Å²) in [4.78, 5) is 37.7. The summed E-state index contributed by atoms with van der Waals surface area (Å²) in [6.07, 6.45) is 4.02. The number of halogens is 1. The highest BCUT2D eigenvalue weighted by Crippen LogP contribution is 2.41. The molecule has 2 heterocycles. The van der Waals surface area contributed by atoms with Gasteiger partial charge in [0, 0.05) is 17.6 Å². The molecule has 0 aromatic heterocycles. The first kappa shape index (κ1) is 25.2. The zero-order chi connectivity index (χ0) is 23.1. The van der Waals surface area contributed by atoms with E-state index in [-0.39, 0.29) is 18.2 Å². The molecular formula is C20H25FN2O6S. The fourth-order valence-corrected chi connectivity index (χ4v) is 3.07. The molecule has 0 aliphatic carbocycles. The van der Waals surface area contributed by atoms with Crippen LogP contribution in [0.2, 0.25) is 0 Å². The lowest BCUT2D eigenvalue weighted by atomic mass is 10.0. The summed E-state index contributed by atoms with van der Waals surface area (Å²) in [5.41, 5.74) is 2.92. The standard InChI is InChI=1S/C17H16N2O3.C2H6.CH3FO3S/c1-3-10-6-5-7-12-15(10)11(4-2)17(22)19(12)13-8-9-14(20)18-16(13)21;1-2;1-5-6(2,3)4/h3-7,13H,1,8-9H2,2H3,(H,18,20,21);1-2H3;1H3/b11-4+;;. The third-order valence-corrected chi connectivity index (χ3v) is 4.68. The molecule has 0 bridgehead atoms. The van der Waals surface area contributed by atoms with Crippen molar-refractivity contribution in [3.63, 3.8) is 0 Å². The number of hydrogen-bond donors (Lipinski definition) is 1. The Kier molecular flexibility index (Phi) is 9.06. The van der Waals surface area contributed by atoms with Gasteiger partial charge in [0.1, 0.15) is 6.04 Å². The predicted molar refractivity (Wildman–Crippen MR) is 112 cm³/mol. The van der Waals surface area contributed by atoms with Gasteiger partial charge in [0.2, 0.25) is 11.8 Å². The molecule has 8 nitrogen and oxygen atoms in total. The molecule has 10 heteroatoms. The smallest absolute Gasteiger partial charge is 0.295 e. The van der Waals surface area contributed by atoms with Crippen molar-refractivity contribution in [1.29, 1.82) is 0 Å². The van der Waals surface area contributed by atoms with Crippen molar-refractivity contribution in [3.05, 3.63) is 42.0 Å². The van der Waals surface area contributed by atoms with Gasteiger partial charge in [0.05, 0.1) is 12.8 Å². The first-order valence-electron chi connectivity index (χ1n) is 9.24. The number of rotatable bonds is 3. The minimum atomic E-state index is -4.66. The number of carbonyl (C=O) groups excluding carboxylic acids is 3. The van der Waals surface area contributed by atoms with Crippen LogP contribution < -0.4 is 10.2 Å². The van der Waals surface area contributed by atoms with Crippen molar-refractivity contribution < 1.29 is 30.9 Å². The third kappa shape index (κ3) is 5.61. The summed E-state index contributed by atoms with van der Waals surface area (Å²) >= 11 is 0. The van der Waals surface area contributed by atoms with Crippen molar-refractivity contribution in [2.75, 3.05) is 12.0 Å². The highest BCUT2D eigenvalue weighted by molar-refractivity contribution is 7.81. The summed E-state index contributed by atoms with van der Waals surface area (Å²) < 4.78 is 32.3. The van der Waals surface area contributed by atoms with Crippen LogP contribution in [0.25, 0.3) is 11.6 Å². The maximum Gasteiger partial charge on any atom is 0.437 e. The van der Waals surface area contributed by atoms with Crippen LogP contribution in [-0.4, -0.2) is 39.3 Å². The predicted octanol–water partition coefficient (Wildman–Crippen LogP) is 2.76. The lowest BCUT2D eigenvalue weighted by molar-refractivity contribution is -0.135. The number of allylic oxidation sites excluding steroid dienone is 1. The highest BCUT2D eigenvalue weighted by atomic mass is 32.3. The van der Waals surface area contributed by atoms with Gasteiger partial charge in [0.15, 0.2) is 0 Å². The van der Waals surface area contributed by atoms with Gasteiger partial charge in [-0.05, 0) is 25.0 Å². The van der Waals surface area contributed by atoms with Crippen molar-refractivity contribution in [2.24, 2.45) is 0 Å². The molecule has 2 aliphatic heterocycles. The largest absolute Gasteiger partial charge is 0.437 e. The number of fused-ring (bicyclic) bond motifs is 1. The van der Waals surface area contributed by atoms with Gasteiger partial charge in [-0.2, -0.15) is 8.42 Å². The Morgan fingerprint density at radius 2 is 1.87 bits per heavy atom. The van der Waals surface area contributed by atoms with E-state index < -0.39 is 22.5 Å². The fourth-order valence-electron chi connectivity index (χ4n) is 3.07. The molecule has 30 heavy (non-hydrogen) atoms. The summed E-state index contributed by atoms with van der Waals surface area (Å²) in [5.74, 6) is -0.919. The molecule has 1 atom stereocenters. The van der Waals surface area contributed by atoms with Crippen LogP contribution in [0.1, 0.15) is 44.7 Å². The molecule has 1 unspecified atom stereocenters. The van der Waals surface area contributed by atoms with Crippen LogP contribution in [0.15, 0.2) is 30.9 Å². The molecular weight excluding hydrogens is 415 g/mol. The lowest BCUT2D eigenvalue weighted by Crippen LogP contribution is -2.53. The molecule has 1 saturated heterocycles. The first-order valence-corrected chi connectivity index (χ1v) is 10.5. The molecule has 2 aliphatic rings. The minimum absolute atomic E-state index is 0.207. The van der Waals surface area contributed by atoms with E-state index in [0.29, 0.717) is 17.7 Å². The Labute approximate surface area is 175 Å². The third-order valence-electron chi connectivity index (χ3n) is 4.28. The minimum Gasteiger partial charge on any atom is -0.295 e. The Morgan fingerprint density at radius 3 is 2.33 bits per heavy atom. The quantitative estimate of drug-likeness (QED) is 0.440. The van der Waals surface area contributed by atoms with Gasteiger partial charge in [-0.15, -0.1) is 0 Å².